The predicted molar refractivity (Wildman–Crippen MR) is 110 cm³/mol. The van der Waals surface area contributed by atoms with E-state index in [4.69, 9.17) is 9.47 Å². The molecule has 0 bridgehead atoms. The van der Waals surface area contributed by atoms with Crippen molar-refractivity contribution in [2.24, 2.45) is 11.8 Å². The SMILES string of the molecule is CC(CC(=O)NCC1(c2ccc3c(c2)OCCO3)CCCC1)C1CCNCC1. The van der Waals surface area contributed by atoms with E-state index in [1.54, 1.807) is 0 Å². The van der Waals surface area contributed by atoms with E-state index >= 15 is 0 Å². The molecule has 1 aliphatic carbocycles. The minimum absolute atomic E-state index is 0.0312. The van der Waals surface area contributed by atoms with E-state index < -0.39 is 0 Å². The summed E-state index contributed by atoms with van der Waals surface area (Å²) in [5.74, 6) is 3.01. The first kappa shape index (κ1) is 19.6. The highest BCUT2D eigenvalue weighted by atomic mass is 16.6. The molecule has 2 fully saturated rings. The van der Waals surface area contributed by atoms with Crippen molar-refractivity contribution in [1.82, 2.24) is 10.6 Å². The van der Waals surface area contributed by atoms with Gasteiger partial charge in [0.25, 0.3) is 0 Å². The van der Waals surface area contributed by atoms with Crippen molar-refractivity contribution in [3.63, 3.8) is 0 Å². The highest BCUT2D eigenvalue weighted by Gasteiger charge is 2.37. The lowest BCUT2D eigenvalue weighted by Crippen LogP contribution is -2.40. The molecule has 5 nitrogen and oxygen atoms in total. The van der Waals surface area contributed by atoms with E-state index in [9.17, 15) is 4.79 Å². The van der Waals surface area contributed by atoms with Crippen molar-refractivity contribution in [3.8, 4) is 11.5 Å². The van der Waals surface area contributed by atoms with Gasteiger partial charge < -0.3 is 20.1 Å². The minimum atomic E-state index is 0.0312. The number of hydrogen-bond donors (Lipinski definition) is 2. The van der Waals surface area contributed by atoms with Crippen molar-refractivity contribution in [2.45, 2.75) is 57.3 Å². The van der Waals surface area contributed by atoms with Crippen LogP contribution in [-0.4, -0.2) is 38.8 Å². The Kier molecular flexibility index (Phi) is 6.10. The Balaban J connectivity index is 1.39. The monoisotopic (exact) mass is 386 g/mol. The lowest BCUT2D eigenvalue weighted by atomic mass is 9.78. The molecule has 1 saturated heterocycles. The number of benzene rings is 1. The Labute approximate surface area is 168 Å². The summed E-state index contributed by atoms with van der Waals surface area (Å²) in [5.41, 5.74) is 1.31. The topological polar surface area (TPSA) is 59.6 Å². The van der Waals surface area contributed by atoms with Crippen LogP contribution in [0.25, 0.3) is 0 Å². The van der Waals surface area contributed by atoms with Gasteiger partial charge >= 0.3 is 0 Å². The first-order valence-corrected chi connectivity index (χ1v) is 11.0. The molecule has 2 aliphatic heterocycles. The number of carbonyl (C=O) groups excluding carboxylic acids is 1. The van der Waals surface area contributed by atoms with Gasteiger partial charge in [0.05, 0.1) is 0 Å². The molecule has 5 heteroatoms. The molecule has 1 atom stereocenters. The third-order valence-electron chi connectivity index (χ3n) is 7.04. The fourth-order valence-corrected chi connectivity index (χ4v) is 5.20. The zero-order chi connectivity index (χ0) is 19.4. The molecule has 2 N–H and O–H groups in total. The summed E-state index contributed by atoms with van der Waals surface area (Å²) < 4.78 is 11.5. The van der Waals surface area contributed by atoms with Crippen LogP contribution in [0.3, 0.4) is 0 Å². The predicted octanol–water partition coefficient (Wildman–Crippen LogP) is 3.41. The van der Waals surface area contributed by atoms with Gasteiger partial charge in [-0.3, -0.25) is 4.79 Å². The molecular weight excluding hydrogens is 352 g/mol. The van der Waals surface area contributed by atoms with Crippen LogP contribution in [0.4, 0.5) is 0 Å². The zero-order valence-corrected chi connectivity index (χ0v) is 17.1. The van der Waals surface area contributed by atoms with Gasteiger partial charge in [-0.1, -0.05) is 25.8 Å². The molecule has 3 aliphatic rings. The summed E-state index contributed by atoms with van der Waals surface area (Å²) in [6, 6.07) is 6.34. The van der Waals surface area contributed by atoms with Crippen LogP contribution in [0, 0.1) is 11.8 Å². The Morgan fingerprint density at radius 1 is 1.18 bits per heavy atom. The van der Waals surface area contributed by atoms with Gasteiger partial charge in [-0.05, 0) is 68.3 Å². The molecule has 1 aromatic rings. The van der Waals surface area contributed by atoms with Gasteiger partial charge in [0.2, 0.25) is 5.91 Å². The Morgan fingerprint density at radius 2 is 1.89 bits per heavy atom. The molecule has 2 heterocycles. The molecule has 0 radical (unpaired) electrons. The maximum absolute atomic E-state index is 12.7. The molecule has 1 amide bonds. The summed E-state index contributed by atoms with van der Waals surface area (Å²) in [4.78, 5) is 12.7. The molecule has 28 heavy (non-hydrogen) atoms. The van der Waals surface area contributed by atoms with E-state index in [0.29, 0.717) is 31.5 Å². The van der Waals surface area contributed by atoms with Crippen molar-refractivity contribution in [1.29, 1.82) is 0 Å². The minimum Gasteiger partial charge on any atom is -0.486 e. The average Bonchev–Trinajstić information content (AvgIpc) is 3.23. The maximum Gasteiger partial charge on any atom is 0.220 e. The number of ether oxygens (including phenoxy) is 2. The van der Waals surface area contributed by atoms with Gasteiger partial charge in [0, 0.05) is 18.4 Å². The number of amides is 1. The summed E-state index contributed by atoms with van der Waals surface area (Å²) in [6.45, 7) is 6.36. The average molecular weight is 387 g/mol. The summed E-state index contributed by atoms with van der Waals surface area (Å²) >= 11 is 0. The van der Waals surface area contributed by atoms with E-state index in [0.717, 1.165) is 44.0 Å². The van der Waals surface area contributed by atoms with Gasteiger partial charge in [-0.15, -0.1) is 0 Å². The summed E-state index contributed by atoms with van der Waals surface area (Å²) in [6.07, 6.45) is 7.70. The van der Waals surface area contributed by atoms with Crippen LogP contribution in [0.15, 0.2) is 18.2 Å². The van der Waals surface area contributed by atoms with Crippen molar-refractivity contribution >= 4 is 5.91 Å². The molecule has 0 spiro atoms. The second-order valence-electron chi connectivity index (χ2n) is 8.89. The maximum atomic E-state index is 12.7. The van der Waals surface area contributed by atoms with Crippen molar-refractivity contribution < 1.29 is 14.3 Å². The number of hydrogen-bond acceptors (Lipinski definition) is 4. The molecule has 1 aromatic carbocycles. The lowest BCUT2D eigenvalue weighted by molar-refractivity contribution is -0.122. The van der Waals surface area contributed by atoms with E-state index in [1.807, 2.05) is 6.07 Å². The first-order valence-electron chi connectivity index (χ1n) is 11.0. The number of rotatable bonds is 6. The van der Waals surface area contributed by atoms with Crippen molar-refractivity contribution in [3.05, 3.63) is 23.8 Å². The normalized spacial score (nSPS) is 22.6. The molecule has 1 saturated carbocycles. The quantitative estimate of drug-likeness (QED) is 0.787. The number of nitrogens with one attached hydrogen (secondary N) is 2. The van der Waals surface area contributed by atoms with Crippen molar-refractivity contribution in [2.75, 3.05) is 32.8 Å². The molecule has 0 aromatic heterocycles. The first-order chi connectivity index (χ1) is 13.7. The highest BCUT2D eigenvalue weighted by Crippen LogP contribution is 2.43. The third-order valence-corrected chi connectivity index (χ3v) is 7.04. The molecular formula is C23H34N2O3. The standard InChI is InChI=1S/C23H34N2O3/c1-17(18-6-10-24-11-7-18)14-22(26)25-16-23(8-2-3-9-23)19-4-5-20-21(15-19)28-13-12-27-20/h4-5,15,17-18,24H,2-3,6-14,16H2,1H3,(H,25,26). The Hall–Kier alpha value is -1.75. The Morgan fingerprint density at radius 3 is 2.64 bits per heavy atom. The second-order valence-corrected chi connectivity index (χ2v) is 8.89. The number of carbonyl (C=O) groups is 1. The second kappa shape index (κ2) is 8.73. The molecule has 4 rings (SSSR count). The lowest BCUT2D eigenvalue weighted by Gasteiger charge is -2.32. The van der Waals surface area contributed by atoms with E-state index in [2.05, 4.69) is 29.7 Å². The fraction of sp³-hybridized carbons (Fsp3) is 0.696. The van der Waals surface area contributed by atoms with Crippen LogP contribution >= 0.6 is 0 Å². The van der Waals surface area contributed by atoms with Gasteiger partial charge in [-0.2, -0.15) is 0 Å². The largest absolute Gasteiger partial charge is 0.486 e. The summed E-state index contributed by atoms with van der Waals surface area (Å²) in [5, 5.41) is 6.70. The van der Waals surface area contributed by atoms with E-state index in [1.165, 1.54) is 31.2 Å². The molecule has 1 unspecified atom stereocenters. The van der Waals surface area contributed by atoms with Gasteiger partial charge in [0.1, 0.15) is 13.2 Å². The van der Waals surface area contributed by atoms with Crippen LogP contribution in [0.2, 0.25) is 0 Å². The fourth-order valence-electron chi connectivity index (χ4n) is 5.20. The highest BCUT2D eigenvalue weighted by molar-refractivity contribution is 5.76. The third kappa shape index (κ3) is 4.29. The molecule has 154 valence electrons. The van der Waals surface area contributed by atoms with Crippen LogP contribution < -0.4 is 20.1 Å². The summed E-state index contributed by atoms with van der Waals surface area (Å²) in [7, 11) is 0. The van der Waals surface area contributed by atoms with E-state index in [-0.39, 0.29) is 11.3 Å². The number of piperidine rings is 1. The van der Waals surface area contributed by atoms with Gasteiger partial charge in [-0.25, -0.2) is 0 Å². The smallest absolute Gasteiger partial charge is 0.220 e. The zero-order valence-electron chi connectivity index (χ0n) is 17.1. The van der Waals surface area contributed by atoms with Gasteiger partial charge in [0.15, 0.2) is 11.5 Å². The Bertz CT molecular complexity index is 678. The van der Waals surface area contributed by atoms with Crippen LogP contribution in [0.5, 0.6) is 11.5 Å². The van der Waals surface area contributed by atoms with Crippen LogP contribution in [-0.2, 0) is 10.2 Å². The number of fused-ring (bicyclic) bond motifs is 1. The van der Waals surface area contributed by atoms with Crippen LogP contribution in [0.1, 0.15) is 57.4 Å².